The SMILES string of the molecule is CC1CC=CC=C1N(c1ccccc1)c1ccc(-c2cc(-c3cc(C(=O)O)cc(-c4cc(C(=O)O)ccn4)n3)ncc2C(F)(F)F)o1. The van der Waals surface area contributed by atoms with Crippen molar-refractivity contribution in [3.05, 3.63) is 126 Å². The summed E-state index contributed by atoms with van der Waals surface area (Å²) in [7, 11) is 0. The van der Waals surface area contributed by atoms with Gasteiger partial charge < -0.3 is 14.6 Å². The van der Waals surface area contributed by atoms with E-state index in [0.29, 0.717) is 12.1 Å². The lowest BCUT2D eigenvalue weighted by Gasteiger charge is -2.30. The third kappa shape index (κ3) is 6.39. The highest BCUT2D eigenvalue weighted by Crippen LogP contribution is 2.42. The van der Waals surface area contributed by atoms with Crippen molar-refractivity contribution >= 4 is 23.5 Å². The molecule has 0 spiro atoms. The quantitative estimate of drug-likeness (QED) is 0.172. The summed E-state index contributed by atoms with van der Waals surface area (Å²) < 4.78 is 49.2. The molecule has 0 saturated carbocycles. The molecule has 0 saturated heterocycles. The van der Waals surface area contributed by atoms with E-state index in [2.05, 4.69) is 15.0 Å². The van der Waals surface area contributed by atoms with Crippen molar-refractivity contribution < 1.29 is 37.4 Å². The second-order valence-electron chi connectivity index (χ2n) is 10.7. The zero-order valence-corrected chi connectivity index (χ0v) is 24.6. The van der Waals surface area contributed by atoms with Crippen LogP contribution in [0, 0.1) is 5.92 Å². The number of furan rings is 1. The van der Waals surface area contributed by atoms with E-state index in [9.17, 15) is 33.0 Å². The Morgan fingerprint density at radius 1 is 0.872 bits per heavy atom. The van der Waals surface area contributed by atoms with Gasteiger partial charge in [0.25, 0.3) is 0 Å². The van der Waals surface area contributed by atoms with Gasteiger partial charge in [-0.2, -0.15) is 13.2 Å². The van der Waals surface area contributed by atoms with Gasteiger partial charge in [-0.25, -0.2) is 14.6 Å². The molecular formula is C35H25F3N4O5. The van der Waals surface area contributed by atoms with Gasteiger partial charge in [0.05, 0.1) is 39.5 Å². The maximum atomic E-state index is 14.3. The number of pyridine rings is 3. The van der Waals surface area contributed by atoms with Crippen LogP contribution in [0.2, 0.25) is 0 Å². The van der Waals surface area contributed by atoms with Crippen LogP contribution < -0.4 is 4.90 Å². The first-order valence-corrected chi connectivity index (χ1v) is 14.3. The van der Waals surface area contributed by atoms with E-state index in [4.69, 9.17) is 4.42 Å². The highest BCUT2D eigenvalue weighted by molar-refractivity contribution is 5.91. The van der Waals surface area contributed by atoms with E-state index in [1.54, 1.807) is 6.07 Å². The first kappa shape index (κ1) is 31.0. The lowest BCUT2D eigenvalue weighted by molar-refractivity contribution is -0.137. The molecule has 236 valence electrons. The summed E-state index contributed by atoms with van der Waals surface area (Å²) in [6.07, 6.45) is 3.75. The predicted octanol–water partition coefficient (Wildman–Crippen LogP) is 8.50. The van der Waals surface area contributed by atoms with Gasteiger partial charge in [0, 0.05) is 41.3 Å². The number of alkyl halides is 3. The van der Waals surface area contributed by atoms with Crippen molar-refractivity contribution in [1.29, 1.82) is 0 Å². The number of allylic oxidation sites excluding steroid dienone is 4. The number of aromatic carboxylic acids is 2. The Kier molecular flexibility index (Phi) is 8.16. The van der Waals surface area contributed by atoms with Gasteiger partial charge in [0.1, 0.15) is 5.76 Å². The van der Waals surface area contributed by atoms with Gasteiger partial charge in [0.2, 0.25) is 5.88 Å². The molecule has 0 amide bonds. The van der Waals surface area contributed by atoms with Gasteiger partial charge in [-0.3, -0.25) is 14.9 Å². The number of halogens is 3. The maximum Gasteiger partial charge on any atom is 0.418 e. The molecule has 1 aromatic carbocycles. The number of hydrogen-bond acceptors (Lipinski definition) is 7. The molecule has 9 nitrogen and oxygen atoms in total. The topological polar surface area (TPSA) is 130 Å². The number of aromatic nitrogens is 3. The third-order valence-corrected chi connectivity index (χ3v) is 7.56. The number of nitrogens with zero attached hydrogens (tertiary/aromatic N) is 4. The maximum absolute atomic E-state index is 14.3. The standard InChI is InChI=1S/C35H25F3N4O5/c1-20-7-5-6-10-30(20)42(23-8-3-2-4-9-23)32-12-11-31(47-32)24-18-27(40-19-25(24)35(36,37)38)29-17-22(34(45)46)16-28(41-29)26-15-21(33(43)44)13-14-39-26/h2-6,8-20H,7H2,1H3,(H,43,44)(H,45,46). The second kappa shape index (κ2) is 12.4. The van der Waals surface area contributed by atoms with E-state index < -0.39 is 23.7 Å². The Hall–Kier alpha value is -6.04. The molecule has 0 bridgehead atoms. The molecule has 1 atom stereocenters. The number of hydrogen-bond donors (Lipinski definition) is 2. The van der Waals surface area contributed by atoms with Crippen LogP contribution in [-0.2, 0) is 6.18 Å². The Morgan fingerprint density at radius 2 is 1.55 bits per heavy atom. The predicted molar refractivity (Wildman–Crippen MR) is 167 cm³/mol. The van der Waals surface area contributed by atoms with Gasteiger partial charge >= 0.3 is 18.1 Å². The van der Waals surface area contributed by atoms with Crippen molar-refractivity contribution in [2.75, 3.05) is 4.90 Å². The summed E-state index contributed by atoms with van der Waals surface area (Å²) in [5.74, 6) is -2.27. The Labute approximate surface area is 266 Å². The Bertz CT molecular complexity index is 2050. The van der Waals surface area contributed by atoms with E-state index in [-0.39, 0.29) is 51.1 Å². The molecule has 4 heterocycles. The van der Waals surface area contributed by atoms with Crippen LogP contribution >= 0.6 is 0 Å². The Morgan fingerprint density at radius 3 is 2.21 bits per heavy atom. The number of carboxylic acids is 2. The summed E-state index contributed by atoms with van der Waals surface area (Å²) in [5, 5.41) is 19.2. The normalized spacial score (nSPS) is 14.5. The average Bonchev–Trinajstić information content (AvgIpc) is 3.55. The monoisotopic (exact) mass is 638 g/mol. The van der Waals surface area contributed by atoms with E-state index in [1.165, 1.54) is 36.5 Å². The lowest BCUT2D eigenvalue weighted by Crippen LogP contribution is -2.21. The summed E-state index contributed by atoms with van der Waals surface area (Å²) >= 11 is 0. The average molecular weight is 639 g/mol. The zero-order valence-electron chi connectivity index (χ0n) is 24.6. The van der Waals surface area contributed by atoms with Gasteiger partial charge in [0.15, 0.2) is 0 Å². The molecule has 5 aromatic rings. The van der Waals surface area contributed by atoms with Crippen molar-refractivity contribution in [3.8, 4) is 34.1 Å². The molecule has 47 heavy (non-hydrogen) atoms. The minimum absolute atomic E-state index is 0.00559. The summed E-state index contributed by atoms with van der Waals surface area (Å²) in [6.45, 7) is 2.05. The van der Waals surface area contributed by atoms with Gasteiger partial charge in [-0.05, 0) is 61.0 Å². The fourth-order valence-corrected chi connectivity index (χ4v) is 5.25. The first-order valence-electron chi connectivity index (χ1n) is 14.3. The number of carboxylic acid groups (broad SMARTS) is 2. The summed E-state index contributed by atoms with van der Waals surface area (Å²) in [5.41, 5.74) is -0.186. The fourth-order valence-electron chi connectivity index (χ4n) is 5.25. The van der Waals surface area contributed by atoms with Crippen LogP contribution in [-0.4, -0.2) is 37.1 Å². The zero-order chi connectivity index (χ0) is 33.3. The van der Waals surface area contributed by atoms with Crippen molar-refractivity contribution in [3.63, 3.8) is 0 Å². The minimum atomic E-state index is -4.80. The number of benzene rings is 1. The van der Waals surface area contributed by atoms with Crippen molar-refractivity contribution in [1.82, 2.24) is 15.0 Å². The molecule has 1 aliphatic carbocycles. The number of para-hydroxylation sites is 1. The molecular weight excluding hydrogens is 613 g/mol. The highest BCUT2D eigenvalue weighted by atomic mass is 19.4. The molecule has 4 aromatic heterocycles. The van der Waals surface area contributed by atoms with Crippen LogP contribution in [0.5, 0.6) is 0 Å². The molecule has 1 aliphatic rings. The number of rotatable bonds is 8. The molecule has 2 N–H and O–H groups in total. The van der Waals surface area contributed by atoms with E-state index in [0.717, 1.165) is 23.9 Å². The number of carbonyl (C=O) groups is 2. The first-order chi connectivity index (χ1) is 22.5. The van der Waals surface area contributed by atoms with Crippen molar-refractivity contribution in [2.45, 2.75) is 19.5 Å². The molecule has 1 unspecified atom stereocenters. The van der Waals surface area contributed by atoms with Crippen LogP contribution in [0.25, 0.3) is 34.1 Å². The minimum Gasteiger partial charge on any atom is -0.478 e. The largest absolute Gasteiger partial charge is 0.478 e. The molecule has 6 rings (SSSR count). The smallest absolute Gasteiger partial charge is 0.418 e. The van der Waals surface area contributed by atoms with Gasteiger partial charge in [-0.1, -0.05) is 37.3 Å². The van der Waals surface area contributed by atoms with E-state index in [1.807, 2.05) is 60.4 Å². The lowest BCUT2D eigenvalue weighted by atomic mass is 9.97. The molecule has 0 radical (unpaired) electrons. The summed E-state index contributed by atoms with van der Waals surface area (Å²) in [4.78, 5) is 37.9. The van der Waals surface area contributed by atoms with Crippen LogP contribution in [0.1, 0.15) is 39.6 Å². The molecule has 0 fully saturated rings. The molecule has 12 heteroatoms. The summed E-state index contributed by atoms with van der Waals surface area (Å²) in [6, 6.07) is 18.3. The second-order valence-corrected chi connectivity index (χ2v) is 10.7. The number of anilines is 2. The van der Waals surface area contributed by atoms with Crippen LogP contribution in [0.4, 0.5) is 24.7 Å². The van der Waals surface area contributed by atoms with Gasteiger partial charge in [-0.15, -0.1) is 0 Å². The highest BCUT2D eigenvalue weighted by Gasteiger charge is 2.36. The van der Waals surface area contributed by atoms with E-state index >= 15 is 0 Å². The van der Waals surface area contributed by atoms with Crippen LogP contribution in [0.3, 0.4) is 0 Å². The fraction of sp³-hybridized carbons (Fsp3) is 0.114. The van der Waals surface area contributed by atoms with Crippen LogP contribution in [0.15, 0.2) is 114 Å². The van der Waals surface area contributed by atoms with Crippen molar-refractivity contribution in [2.24, 2.45) is 5.92 Å². The Balaban J connectivity index is 1.48. The third-order valence-electron chi connectivity index (χ3n) is 7.56. The molecule has 0 aliphatic heterocycles.